The molecular formula is C23H29N3O3S. The average Bonchev–Trinajstić information content (AvgIpc) is 3.25. The van der Waals surface area contributed by atoms with E-state index < -0.39 is 0 Å². The summed E-state index contributed by atoms with van der Waals surface area (Å²) < 4.78 is 5.52. The molecule has 160 valence electrons. The van der Waals surface area contributed by atoms with E-state index in [4.69, 9.17) is 4.74 Å². The lowest BCUT2D eigenvalue weighted by molar-refractivity contribution is -0.134. The highest BCUT2D eigenvalue weighted by Crippen LogP contribution is 2.40. The van der Waals surface area contributed by atoms with Gasteiger partial charge in [0.1, 0.15) is 0 Å². The maximum Gasteiger partial charge on any atom is 0.264 e. The molecule has 0 spiro atoms. The SMILES string of the molecule is CN(C)C(=O)C1CCN(C(=O)c2cc(-c3ccccc3)c(N3CCOCC3)s2)CC1. The van der Waals surface area contributed by atoms with Crippen molar-refractivity contribution in [3.63, 3.8) is 0 Å². The molecule has 0 atom stereocenters. The highest BCUT2D eigenvalue weighted by Gasteiger charge is 2.30. The fourth-order valence-electron chi connectivity index (χ4n) is 4.16. The van der Waals surface area contributed by atoms with Gasteiger partial charge in [-0.3, -0.25) is 9.59 Å². The quantitative estimate of drug-likeness (QED) is 0.752. The first-order valence-corrected chi connectivity index (χ1v) is 11.4. The molecule has 2 saturated heterocycles. The molecule has 2 fully saturated rings. The first-order chi connectivity index (χ1) is 14.5. The number of morpholine rings is 1. The average molecular weight is 428 g/mol. The first kappa shape index (κ1) is 20.9. The molecule has 7 heteroatoms. The van der Waals surface area contributed by atoms with Crippen LogP contribution in [0.4, 0.5) is 5.00 Å². The standard InChI is InChI=1S/C23H29N3O3S/c1-24(2)21(27)18-8-10-25(11-9-18)22(28)20-16-19(17-6-4-3-5-7-17)23(30-20)26-12-14-29-15-13-26/h3-7,16,18H,8-15H2,1-2H3. The fraction of sp³-hybridized carbons (Fsp3) is 0.478. The summed E-state index contributed by atoms with van der Waals surface area (Å²) in [7, 11) is 3.59. The summed E-state index contributed by atoms with van der Waals surface area (Å²) in [6.07, 6.45) is 1.46. The number of hydrogen-bond donors (Lipinski definition) is 0. The van der Waals surface area contributed by atoms with Gasteiger partial charge in [-0.1, -0.05) is 30.3 Å². The lowest BCUT2D eigenvalue weighted by Crippen LogP contribution is -2.42. The highest BCUT2D eigenvalue weighted by molar-refractivity contribution is 7.18. The van der Waals surface area contributed by atoms with Crippen LogP contribution >= 0.6 is 11.3 Å². The molecule has 1 aromatic heterocycles. The van der Waals surface area contributed by atoms with Crippen molar-refractivity contribution in [1.29, 1.82) is 0 Å². The molecule has 0 unspecified atom stereocenters. The summed E-state index contributed by atoms with van der Waals surface area (Å²) in [5.74, 6) is 0.266. The van der Waals surface area contributed by atoms with Crippen molar-refractivity contribution >= 4 is 28.2 Å². The number of carbonyl (C=O) groups is 2. The molecule has 30 heavy (non-hydrogen) atoms. The maximum atomic E-state index is 13.3. The van der Waals surface area contributed by atoms with Crippen LogP contribution in [0.5, 0.6) is 0 Å². The number of likely N-dealkylation sites (tertiary alicyclic amines) is 1. The van der Waals surface area contributed by atoms with Gasteiger partial charge >= 0.3 is 0 Å². The van der Waals surface area contributed by atoms with Crippen molar-refractivity contribution in [2.45, 2.75) is 12.8 Å². The minimum absolute atomic E-state index is 0.0242. The van der Waals surface area contributed by atoms with Crippen LogP contribution < -0.4 is 4.90 Å². The van der Waals surface area contributed by atoms with Gasteiger partial charge in [0, 0.05) is 51.8 Å². The molecular weight excluding hydrogens is 398 g/mol. The van der Waals surface area contributed by atoms with E-state index in [0.29, 0.717) is 26.3 Å². The minimum atomic E-state index is 0.0242. The van der Waals surface area contributed by atoms with E-state index in [1.807, 2.05) is 29.2 Å². The van der Waals surface area contributed by atoms with Crippen LogP contribution in [0.2, 0.25) is 0 Å². The Kier molecular flexibility index (Phi) is 6.39. The molecule has 2 amide bonds. The molecule has 1 aromatic carbocycles. The number of amides is 2. The van der Waals surface area contributed by atoms with Crippen molar-refractivity contribution in [2.75, 3.05) is 58.4 Å². The van der Waals surface area contributed by atoms with Gasteiger partial charge in [0.2, 0.25) is 5.91 Å². The number of rotatable bonds is 4. The number of carbonyl (C=O) groups excluding carboxylic acids is 2. The van der Waals surface area contributed by atoms with Crippen molar-refractivity contribution in [3.8, 4) is 11.1 Å². The van der Waals surface area contributed by atoms with Crippen molar-refractivity contribution in [1.82, 2.24) is 9.80 Å². The highest BCUT2D eigenvalue weighted by atomic mass is 32.1. The zero-order chi connectivity index (χ0) is 21.1. The number of piperidine rings is 1. The van der Waals surface area contributed by atoms with Crippen LogP contribution in [-0.4, -0.2) is 75.1 Å². The summed E-state index contributed by atoms with van der Waals surface area (Å²) in [5, 5.41) is 1.14. The Balaban J connectivity index is 1.55. The minimum Gasteiger partial charge on any atom is -0.378 e. The van der Waals surface area contributed by atoms with Crippen LogP contribution in [0.15, 0.2) is 36.4 Å². The monoisotopic (exact) mass is 427 g/mol. The fourth-order valence-corrected chi connectivity index (χ4v) is 5.36. The van der Waals surface area contributed by atoms with Crippen LogP contribution in [-0.2, 0) is 9.53 Å². The smallest absolute Gasteiger partial charge is 0.264 e. The van der Waals surface area contributed by atoms with Crippen molar-refractivity contribution in [3.05, 3.63) is 41.3 Å². The molecule has 0 radical (unpaired) electrons. The van der Waals surface area contributed by atoms with E-state index in [2.05, 4.69) is 17.0 Å². The molecule has 6 nitrogen and oxygen atoms in total. The Hall–Kier alpha value is -2.38. The van der Waals surface area contributed by atoms with Crippen molar-refractivity contribution in [2.24, 2.45) is 5.92 Å². The van der Waals surface area contributed by atoms with Crippen LogP contribution in [0.25, 0.3) is 11.1 Å². The van der Waals surface area contributed by atoms with E-state index in [0.717, 1.165) is 46.9 Å². The van der Waals surface area contributed by atoms with Crippen LogP contribution in [0, 0.1) is 5.92 Å². The Morgan fingerprint density at radius 3 is 2.33 bits per heavy atom. The van der Waals surface area contributed by atoms with Gasteiger partial charge in [0.25, 0.3) is 5.91 Å². The zero-order valence-electron chi connectivity index (χ0n) is 17.7. The summed E-state index contributed by atoms with van der Waals surface area (Å²) in [6.45, 7) is 4.37. The summed E-state index contributed by atoms with van der Waals surface area (Å²) >= 11 is 1.58. The number of hydrogen-bond acceptors (Lipinski definition) is 5. The van der Waals surface area contributed by atoms with E-state index in [9.17, 15) is 9.59 Å². The molecule has 2 aliphatic heterocycles. The van der Waals surface area contributed by atoms with Crippen molar-refractivity contribution < 1.29 is 14.3 Å². The zero-order valence-corrected chi connectivity index (χ0v) is 18.5. The third kappa shape index (κ3) is 4.37. The van der Waals surface area contributed by atoms with E-state index in [-0.39, 0.29) is 17.7 Å². The first-order valence-electron chi connectivity index (χ1n) is 10.6. The van der Waals surface area contributed by atoms with Gasteiger partial charge in [0.05, 0.1) is 23.1 Å². The Labute approximate surface area is 182 Å². The predicted molar refractivity (Wildman–Crippen MR) is 120 cm³/mol. The summed E-state index contributed by atoms with van der Waals surface area (Å²) in [4.78, 5) is 32.2. The number of thiophene rings is 1. The maximum absolute atomic E-state index is 13.3. The molecule has 0 N–H and O–H groups in total. The molecule has 0 aliphatic carbocycles. The van der Waals surface area contributed by atoms with Gasteiger partial charge in [-0.05, 0) is 24.5 Å². The molecule has 0 bridgehead atoms. The Morgan fingerprint density at radius 1 is 1.03 bits per heavy atom. The van der Waals surface area contributed by atoms with E-state index >= 15 is 0 Å². The van der Waals surface area contributed by atoms with Gasteiger partial charge in [0.15, 0.2) is 0 Å². The third-order valence-electron chi connectivity index (χ3n) is 5.88. The van der Waals surface area contributed by atoms with Crippen LogP contribution in [0.1, 0.15) is 22.5 Å². The number of ether oxygens (including phenoxy) is 1. The van der Waals surface area contributed by atoms with Gasteiger partial charge in [-0.2, -0.15) is 0 Å². The topological polar surface area (TPSA) is 53.1 Å². The van der Waals surface area contributed by atoms with Gasteiger partial charge in [-0.15, -0.1) is 11.3 Å². The number of nitrogens with zero attached hydrogens (tertiary/aromatic N) is 3. The normalized spacial score (nSPS) is 17.8. The molecule has 2 aromatic rings. The number of anilines is 1. The van der Waals surface area contributed by atoms with E-state index in [1.165, 1.54) is 0 Å². The van der Waals surface area contributed by atoms with Gasteiger partial charge < -0.3 is 19.4 Å². The molecule has 2 aliphatic rings. The largest absolute Gasteiger partial charge is 0.378 e. The van der Waals surface area contributed by atoms with Gasteiger partial charge in [-0.25, -0.2) is 0 Å². The Bertz CT molecular complexity index is 882. The second-order valence-corrected chi connectivity index (χ2v) is 9.12. The summed E-state index contributed by atoms with van der Waals surface area (Å²) in [5.41, 5.74) is 2.24. The lowest BCUT2D eigenvalue weighted by atomic mass is 9.95. The molecule has 4 rings (SSSR count). The second-order valence-electron chi connectivity index (χ2n) is 8.09. The predicted octanol–water partition coefficient (Wildman–Crippen LogP) is 3.19. The molecule has 0 saturated carbocycles. The molecule has 3 heterocycles. The van der Waals surface area contributed by atoms with E-state index in [1.54, 1.807) is 30.3 Å². The second kappa shape index (κ2) is 9.18. The van der Waals surface area contributed by atoms with Crippen LogP contribution in [0.3, 0.4) is 0 Å². The third-order valence-corrected chi connectivity index (χ3v) is 7.06. The summed E-state index contributed by atoms with van der Waals surface area (Å²) in [6, 6.07) is 12.3. The Morgan fingerprint density at radius 2 is 1.70 bits per heavy atom. The lowest BCUT2D eigenvalue weighted by Gasteiger charge is -2.32. The number of benzene rings is 1.